The van der Waals surface area contributed by atoms with Gasteiger partial charge < -0.3 is 15.8 Å². The van der Waals surface area contributed by atoms with Crippen LogP contribution in [-0.2, 0) is 19.6 Å². The zero-order chi connectivity index (χ0) is 16.0. The fourth-order valence-corrected chi connectivity index (χ4v) is 3.60. The molecule has 0 aliphatic heterocycles. The number of anilines is 1. The van der Waals surface area contributed by atoms with Gasteiger partial charge in [-0.1, -0.05) is 0 Å². The standard InChI is InChI=1S/C12H18BrN3O4S/c1-16(8-12(17)15-5-6-20-2)21(18,19)11-7-9(14)3-4-10(11)13/h3-4,7H,5-6,8,14H2,1-2H3,(H,15,17). The molecule has 0 radical (unpaired) electrons. The van der Waals surface area contributed by atoms with E-state index in [-0.39, 0.29) is 11.4 Å². The Labute approximate surface area is 132 Å². The first-order valence-corrected chi connectivity index (χ1v) is 8.29. The van der Waals surface area contributed by atoms with Crippen molar-refractivity contribution in [3.8, 4) is 0 Å². The minimum atomic E-state index is -3.80. The summed E-state index contributed by atoms with van der Waals surface area (Å²) >= 11 is 3.17. The summed E-state index contributed by atoms with van der Waals surface area (Å²) in [7, 11) is -0.955. The summed E-state index contributed by atoms with van der Waals surface area (Å²) in [4.78, 5) is 11.7. The summed E-state index contributed by atoms with van der Waals surface area (Å²) in [5.41, 5.74) is 5.94. The molecular weight excluding hydrogens is 362 g/mol. The largest absolute Gasteiger partial charge is 0.399 e. The molecule has 0 saturated heterocycles. The van der Waals surface area contributed by atoms with Crippen LogP contribution < -0.4 is 11.1 Å². The Morgan fingerprint density at radius 2 is 2.14 bits per heavy atom. The lowest BCUT2D eigenvalue weighted by atomic mass is 10.3. The highest BCUT2D eigenvalue weighted by Crippen LogP contribution is 2.26. The molecule has 1 rings (SSSR count). The molecular formula is C12H18BrN3O4S. The van der Waals surface area contributed by atoms with E-state index in [0.29, 0.717) is 23.3 Å². The van der Waals surface area contributed by atoms with Crippen molar-refractivity contribution in [2.45, 2.75) is 4.90 Å². The van der Waals surface area contributed by atoms with Gasteiger partial charge in [0.25, 0.3) is 0 Å². The molecule has 0 bridgehead atoms. The first kappa shape index (κ1) is 17.9. The predicted octanol–water partition coefficient (Wildman–Crippen LogP) is 0.414. The molecule has 9 heteroatoms. The Bertz CT molecular complexity index is 607. The summed E-state index contributed by atoms with van der Waals surface area (Å²) in [6.07, 6.45) is 0. The smallest absolute Gasteiger partial charge is 0.244 e. The van der Waals surface area contributed by atoms with Crippen LogP contribution in [0.25, 0.3) is 0 Å². The van der Waals surface area contributed by atoms with Crippen molar-refractivity contribution in [2.24, 2.45) is 0 Å². The van der Waals surface area contributed by atoms with Crippen molar-refractivity contribution < 1.29 is 17.9 Å². The van der Waals surface area contributed by atoms with Crippen molar-refractivity contribution in [1.29, 1.82) is 0 Å². The Balaban J connectivity index is 2.82. The number of ether oxygens (including phenoxy) is 1. The highest BCUT2D eigenvalue weighted by molar-refractivity contribution is 9.10. The van der Waals surface area contributed by atoms with E-state index in [1.165, 1.54) is 20.2 Å². The minimum absolute atomic E-state index is 0.0229. The molecule has 0 atom stereocenters. The maximum Gasteiger partial charge on any atom is 0.244 e. The van der Waals surface area contributed by atoms with Crippen molar-refractivity contribution in [1.82, 2.24) is 9.62 Å². The third-order valence-electron chi connectivity index (χ3n) is 2.64. The number of amides is 1. The zero-order valence-corrected chi connectivity index (χ0v) is 14.2. The minimum Gasteiger partial charge on any atom is -0.399 e. The van der Waals surface area contributed by atoms with Gasteiger partial charge in [-0.3, -0.25) is 4.79 Å². The van der Waals surface area contributed by atoms with Crippen LogP contribution in [0.3, 0.4) is 0 Å². The number of carbonyl (C=O) groups excluding carboxylic acids is 1. The highest BCUT2D eigenvalue weighted by Gasteiger charge is 2.25. The van der Waals surface area contributed by atoms with Crippen LogP contribution in [0.5, 0.6) is 0 Å². The lowest BCUT2D eigenvalue weighted by molar-refractivity contribution is -0.121. The molecule has 0 unspecified atom stereocenters. The highest BCUT2D eigenvalue weighted by atomic mass is 79.9. The second-order valence-corrected chi connectivity index (χ2v) is 7.16. The number of hydrogen-bond acceptors (Lipinski definition) is 5. The van der Waals surface area contributed by atoms with Crippen LogP contribution in [0.2, 0.25) is 0 Å². The molecule has 1 aromatic carbocycles. The number of nitrogens with zero attached hydrogens (tertiary/aromatic N) is 1. The predicted molar refractivity (Wildman–Crippen MR) is 83.3 cm³/mol. The van der Waals surface area contributed by atoms with Crippen LogP contribution in [0, 0.1) is 0 Å². The molecule has 0 fully saturated rings. The fraction of sp³-hybridized carbons (Fsp3) is 0.417. The monoisotopic (exact) mass is 379 g/mol. The van der Waals surface area contributed by atoms with Crippen LogP contribution >= 0.6 is 15.9 Å². The summed E-state index contributed by atoms with van der Waals surface area (Å²) in [6, 6.07) is 4.48. The maximum atomic E-state index is 12.4. The van der Waals surface area contributed by atoms with Gasteiger partial charge in [0.15, 0.2) is 0 Å². The quantitative estimate of drug-likeness (QED) is 0.527. The van der Waals surface area contributed by atoms with E-state index in [1.807, 2.05) is 0 Å². The van der Waals surface area contributed by atoms with Gasteiger partial charge in [0.05, 0.1) is 18.0 Å². The number of nitrogen functional groups attached to an aromatic ring is 1. The van der Waals surface area contributed by atoms with E-state index in [1.54, 1.807) is 12.1 Å². The van der Waals surface area contributed by atoms with Gasteiger partial charge in [0.2, 0.25) is 15.9 Å². The Kier molecular flexibility index (Phi) is 6.59. The van der Waals surface area contributed by atoms with E-state index in [4.69, 9.17) is 10.5 Å². The summed E-state index contributed by atoms with van der Waals surface area (Å²) < 4.78 is 31.0. The van der Waals surface area contributed by atoms with Crippen LogP contribution in [0.1, 0.15) is 0 Å². The summed E-state index contributed by atoms with van der Waals surface area (Å²) in [6.45, 7) is 0.404. The number of benzene rings is 1. The molecule has 0 heterocycles. The SMILES string of the molecule is COCCNC(=O)CN(C)S(=O)(=O)c1cc(N)ccc1Br. The van der Waals surface area contributed by atoms with Crippen LogP contribution in [-0.4, -0.2) is 52.5 Å². The maximum absolute atomic E-state index is 12.4. The first-order chi connectivity index (χ1) is 9.78. The number of rotatable bonds is 7. The molecule has 0 saturated carbocycles. The Hall–Kier alpha value is -1.16. The Morgan fingerprint density at radius 3 is 2.76 bits per heavy atom. The number of sulfonamides is 1. The van der Waals surface area contributed by atoms with Crippen molar-refractivity contribution in [3.63, 3.8) is 0 Å². The third kappa shape index (κ3) is 4.95. The topological polar surface area (TPSA) is 102 Å². The Morgan fingerprint density at radius 1 is 1.48 bits per heavy atom. The molecule has 118 valence electrons. The first-order valence-electron chi connectivity index (χ1n) is 6.06. The molecule has 3 N–H and O–H groups in total. The number of halogens is 1. The fourth-order valence-electron chi connectivity index (χ4n) is 1.52. The molecule has 1 amide bonds. The van der Waals surface area contributed by atoms with Crippen LogP contribution in [0.15, 0.2) is 27.6 Å². The van der Waals surface area contributed by atoms with Gasteiger partial charge in [-0.15, -0.1) is 0 Å². The normalized spacial score (nSPS) is 11.6. The van der Waals surface area contributed by atoms with E-state index in [2.05, 4.69) is 21.2 Å². The second-order valence-electron chi connectivity index (χ2n) is 4.29. The summed E-state index contributed by atoms with van der Waals surface area (Å²) in [5.74, 6) is -0.404. The molecule has 1 aromatic rings. The average molecular weight is 380 g/mol. The van der Waals surface area contributed by atoms with Crippen molar-refractivity contribution in [2.75, 3.05) is 39.6 Å². The molecule has 0 aliphatic carbocycles. The van der Waals surface area contributed by atoms with Gasteiger partial charge in [-0.2, -0.15) is 4.31 Å². The lowest BCUT2D eigenvalue weighted by Gasteiger charge is -2.18. The van der Waals surface area contributed by atoms with Gasteiger partial charge in [0.1, 0.15) is 0 Å². The van der Waals surface area contributed by atoms with Crippen molar-refractivity contribution in [3.05, 3.63) is 22.7 Å². The van der Waals surface area contributed by atoms with Crippen LogP contribution in [0.4, 0.5) is 5.69 Å². The number of nitrogens with two attached hydrogens (primary N) is 1. The average Bonchev–Trinajstić information content (AvgIpc) is 2.41. The molecule has 0 spiro atoms. The van der Waals surface area contributed by atoms with Gasteiger partial charge in [-0.05, 0) is 34.1 Å². The van der Waals surface area contributed by atoms with Gasteiger partial charge in [-0.25, -0.2) is 8.42 Å². The van der Waals surface area contributed by atoms with E-state index < -0.39 is 15.9 Å². The number of likely N-dealkylation sites (N-methyl/N-ethyl adjacent to an activating group) is 1. The summed E-state index contributed by atoms with van der Waals surface area (Å²) in [5, 5.41) is 2.56. The van der Waals surface area contributed by atoms with Gasteiger partial charge in [0, 0.05) is 30.9 Å². The number of hydrogen-bond donors (Lipinski definition) is 2. The molecule has 21 heavy (non-hydrogen) atoms. The van der Waals surface area contributed by atoms with E-state index in [0.717, 1.165) is 4.31 Å². The molecule has 7 nitrogen and oxygen atoms in total. The molecule has 0 aliphatic rings. The van der Waals surface area contributed by atoms with Gasteiger partial charge >= 0.3 is 0 Å². The number of carbonyl (C=O) groups is 1. The third-order valence-corrected chi connectivity index (χ3v) is 5.44. The number of methoxy groups -OCH3 is 1. The van der Waals surface area contributed by atoms with E-state index >= 15 is 0 Å². The number of nitrogens with one attached hydrogen (secondary N) is 1. The zero-order valence-electron chi connectivity index (χ0n) is 11.8. The lowest BCUT2D eigenvalue weighted by Crippen LogP contribution is -2.39. The second kappa shape index (κ2) is 7.74. The van der Waals surface area contributed by atoms with E-state index in [9.17, 15) is 13.2 Å². The molecule has 0 aromatic heterocycles. The van der Waals surface area contributed by atoms with Crippen molar-refractivity contribution >= 4 is 37.5 Å².